The van der Waals surface area contributed by atoms with Gasteiger partial charge in [0.1, 0.15) is 11.6 Å². The molecule has 3 nitrogen and oxygen atoms in total. The molecule has 32 heavy (non-hydrogen) atoms. The van der Waals surface area contributed by atoms with Gasteiger partial charge in [0.15, 0.2) is 0 Å². The molecular weight excluding hydrogens is 403 g/mol. The van der Waals surface area contributed by atoms with Gasteiger partial charge in [-0.3, -0.25) is 4.79 Å². The molecule has 4 aromatic carbocycles. The molecule has 0 amide bonds. The van der Waals surface area contributed by atoms with E-state index >= 15 is 0 Å². The van der Waals surface area contributed by atoms with Crippen molar-refractivity contribution in [2.75, 3.05) is 13.7 Å². The Morgan fingerprint density at radius 3 is 2.44 bits per heavy atom. The zero-order valence-electron chi connectivity index (χ0n) is 18.0. The van der Waals surface area contributed by atoms with Crippen LogP contribution in [0.5, 0.6) is 5.75 Å². The maximum Gasteiger partial charge on any atom is 0.305 e. The van der Waals surface area contributed by atoms with E-state index in [-0.39, 0.29) is 11.8 Å². The summed E-state index contributed by atoms with van der Waals surface area (Å²) in [5.41, 5.74) is 3.95. The lowest BCUT2D eigenvalue weighted by atomic mass is 9.97. The van der Waals surface area contributed by atoms with Gasteiger partial charge in [-0.15, -0.1) is 0 Å². The van der Waals surface area contributed by atoms with Crippen molar-refractivity contribution >= 4 is 16.7 Å². The van der Waals surface area contributed by atoms with Gasteiger partial charge in [-0.25, -0.2) is 4.39 Å². The number of carbonyl (C=O) groups is 1. The monoisotopic (exact) mass is 428 g/mol. The zero-order chi connectivity index (χ0) is 22.3. The van der Waals surface area contributed by atoms with Crippen molar-refractivity contribution in [2.45, 2.75) is 19.3 Å². The molecule has 0 aromatic heterocycles. The molecule has 0 aliphatic carbocycles. The third-order valence-corrected chi connectivity index (χ3v) is 5.49. The van der Waals surface area contributed by atoms with Crippen molar-refractivity contribution < 1.29 is 18.7 Å². The van der Waals surface area contributed by atoms with Crippen LogP contribution in [0.25, 0.3) is 21.9 Å². The van der Waals surface area contributed by atoms with Gasteiger partial charge in [-0.05, 0) is 64.2 Å². The maximum absolute atomic E-state index is 13.5. The quantitative estimate of drug-likeness (QED) is 0.306. The van der Waals surface area contributed by atoms with Crippen molar-refractivity contribution in [3.05, 3.63) is 102 Å². The van der Waals surface area contributed by atoms with Gasteiger partial charge in [-0.2, -0.15) is 0 Å². The van der Waals surface area contributed by atoms with Crippen molar-refractivity contribution in [1.29, 1.82) is 0 Å². The smallest absolute Gasteiger partial charge is 0.305 e. The van der Waals surface area contributed by atoms with E-state index in [4.69, 9.17) is 9.47 Å². The minimum absolute atomic E-state index is 0.229. The summed E-state index contributed by atoms with van der Waals surface area (Å²) in [7, 11) is 1.40. The summed E-state index contributed by atoms with van der Waals surface area (Å²) in [5, 5.41) is 2.32. The Morgan fingerprint density at radius 2 is 1.62 bits per heavy atom. The minimum Gasteiger partial charge on any atom is -0.493 e. The SMILES string of the molecule is COC(=O)CCc1ccc(OCCc2cccc(F)c2)c(-c2ccc3ccccc3c2)c1. The summed E-state index contributed by atoms with van der Waals surface area (Å²) in [5.74, 6) is 0.292. The number of benzene rings is 4. The van der Waals surface area contributed by atoms with Crippen LogP contribution >= 0.6 is 0 Å². The molecule has 0 atom stereocenters. The molecule has 4 rings (SSSR count). The zero-order valence-corrected chi connectivity index (χ0v) is 18.0. The average molecular weight is 429 g/mol. The first-order valence-electron chi connectivity index (χ1n) is 10.7. The third kappa shape index (κ3) is 5.33. The highest BCUT2D eigenvalue weighted by molar-refractivity contribution is 5.88. The maximum atomic E-state index is 13.5. The Balaban J connectivity index is 1.61. The number of hydrogen-bond donors (Lipinski definition) is 0. The molecule has 0 unspecified atom stereocenters. The Hall–Kier alpha value is -3.66. The van der Waals surface area contributed by atoms with Crippen LogP contribution in [0.1, 0.15) is 17.5 Å². The van der Waals surface area contributed by atoms with Crippen LogP contribution in [-0.4, -0.2) is 19.7 Å². The topological polar surface area (TPSA) is 35.5 Å². The number of carbonyl (C=O) groups excluding carboxylic acids is 1. The van der Waals surface area contributed by atoms with Gasteiger partial charge in [0, 0.05) is 18.4 Å². The number of methoxy groups -OCH3 is 1. The van der Waals surface area contributed by atoms with Crippen molar-refractivity contribution in [1.82, 2.24) is 0 Å². The fourth-order valence-electron chi connectivity index (χ4n) is 3.76. The molecule has 4 heteroatoms. The van der Waals surface area contributed by atoms with Crippen LogP contribution in [0, 0.1) is 5.82 Å². The first-order valence-corrected chi connectivity index (χ1v) is 10.7. The van der Waals surface area contributed by atoms with Crippen molar-refractivity contribution in [2.24, 2.45) is 0 Å². The molecule has 0 saturated carbocycles. The summed E-state index contributed by atoms with van der Waals surface area (Å²) in [4.78, 5) is 11.6. The second-order valence-corrected chi connectivity index (χ2v) is 7.70. The third-order valence-electron chi connectivity index (χ3n) is 5.49. The second kappa shape index (κ2) is 10.1. The number of rotatable bonds is 8. The first-order chi connectivity index (χ1) is 15.6. The summed E-state index contributed by atoms with van der Waals surface area (Å²) < 4.78 is 24.4. The number of hydrogen-bond acceptors (Lipinski definition) is 3. The molecule has 0 fully saturated rings. The second-order valence-electron chi connectivity index (χ2n) is 7.70. The van der Waals surface area contributed by atoms with Gasteiger partial charge in [0.2, 0.25) is 0 Å². The number of halogens is 1. The molecule has 4 aromatic rings. The van der Waals surface area contributed by atoms with E-state index in [1.54, 1.807) is 6.07 Å². The molecule has 0 N–H and O–H groups in total. The van der Waals surface area contributed by atoms with Crippen LogP contribution in [0.4, 0.5) is 4.39 Å². The van der Waals surface area contributed by atoms with Crippen LogP contribution in [0.15, 0.2) is 84.9 Å². The molecule has 0 saturated heterocycles. The number of ether oxygens (including phenoxy) is 2. The summed E-state index contributed by atoms with van der Waals surface area (Å²) >= 11 is 0. The lowest BCUT2D eigenvalue weighted by Crippen LogP contribution is -2.04. The van der Waals surface area contributed by atoms with Crippen molar-refractivity contribution in [3.63, 3.8) is 0 Å². The van der Waals surface area contributed by atoms with E-state index in [2.05, 4.69) is 36.4 Å². The lowest BCUT2D eigenvalue weighted by molar-refractivity contribution is -0.140. The largest absolute Gasteiger partial charge is 0.493 e. The van der Waals surface area contributed by atoms with Crippen molar-refractivity contribution in [3.8, 4) is 16.9 Å². The molecule has 0 aliphatic rings. The van der Waals surface area contributed by atoms with Gasteiger partial charge >= 0.3 is 5.97 Å². The molecule has 0 spiro atoms. The fraction of sp³-hybridized carbons (Fsp3) is 0.179. The summed E-state index contributed by atoms with van der Waals surface area (Å²) in [6.45, 7) is 0.436. The minimum atomic E-state index is -0.241. The molecular formula is C28H25FO3. The Kier molecular flexibility index (Phi) is 6.81. The summed E-state index contributed by atoms with van der Waals surface area (Å²) in [6, 6.07) is 27.1. The fourth-order valence-corrected chi connectivity index (χ4v) is 3.76. The van der Waals surface area contributed by atoms with E-state index in [1.165, 1.54) is 24.6 Å². The molecule has 0 aliphatic heterocycles. The van der Waals surface area contributed by atoms with Gasteiger partial charge in [0.25, 0.3) is 0 Å². The lowest BCUT2D eigenvalue weighted by Gasteiger charge is -2.14. The van der Waals surface area contributed by atoms with E-state index in [9.17, 15) is 9.18 Å². The standard InChI is InChI=1S/C28H25FO3/c1-31-28(30)14-10-21-9-13-27(32-16-15-20-5-4-8-25(29)17-20)26(18-21)24-12-11-22-6-2-3-7-23(22)19-24/h2-9,11-13,17-19H,10,14-16H2,1H3. The van der Waals surface area contributed by atoms with Crippen LogP contribution in [0.2, 0.25) is 0 Å². The van der Waals surface area contributed by atoms with E-state index < -0.39 is 0 Å². The highest BCUT2D eigenvalue weighted by Gasteiger charge is 2.11. The van der Waals surface area contributed by atoms with E-state index in [0.29, 0.717) is 25.9 Å². The Morgan fingerprint density at radius 1 is 0.812 bits per heavy atom. The predicted octanol–water partition coefficient (Wildman–Crippen LogP) is 6.37. The van der Waals surface area contributed by atoms with Gasteiger partial charge < -0.3 is 9.47 Å². The molecule has 162 valence electrons. The average Bonchev–Trinajstić information content (AvgIpc) is 2.82. The first kappa shape index (κ1) is 21.6. The van der Waals surface area contributed by atoms with Crippen LogP contribution in [-0.2, 0) is 22.4 Å². The van der Waals surface area contributed by atoms with Crippen LogP contribution < -0.4 is 4.74 Å². The normalized spacial score (nSPS) is 10.8. The molecule has 0 heterocycles. The van der Waals surface area contributed by atoms with E-state index in [0.717, 1.165) is 33.4 Å². The Bertz CT molecular complexity index is 1230. The summed E-state index contributed by atoms with van der Waals surface area (Å²) in [6.07, 6.45) is 1.53. The Labute approximate surface area is 187 Å². The van der Waals surface area contributed by atoms with Gasteiger partial charge in [0.05, 0.1) is 13.7 Å². The number of esters is 1. The number of aryl methyl sites for hydroxylation is 1. The molecule has 0 bridgehead atoms. The highest BCUT2D eigenvalue weighted by atomic mass is 19.1. The van der Waals surface area contributed by atoms with E-state index in [1.807, 2.05) is 30.3 Å². The predicted molar refractivity (Wildman–Crippen MR) is 125 cm³/mol. The molecule has 0 radical (unpaired) electrons. The van der Waals surface area contributed by atoms with Crippen LogP contribution in [0.3, 0.4) is 0 Å². The van der Waals surface area contributed by atoms with Gasteiger partial charge in [-0.1, -0.05) is 54.6 Å². The highest BCUT2D eigenvalue weighted by Crippen LogP contribution is 2.33. The number of fused-ring (bicyclic) bond motifs is 1.